The maximum absolute atomic E-state index is 12.8. The monoisotopic (exact) mass is 382 g/mol. The molecule has 2 amide bonds. The molecule has 0 radical (unpaired) electrons. The van der Waals surface area contributed by atoms with Crippen LogP contribution in [0.15, 0.2) is 41.2 Å². The van der Waals surface area contributed by atoms with Crippen molar-refractivity contribution >= 4 is 11.8 Å². The van der Waals surface area contributed by atoms with Crippen LogP contribution in [-0.2, 0) is 0 Å². The lowest BCUT2D eigenvalue weighted by Crippen LogP contribution is -2.50. The molecule has 2 aromatic rings. The fraction of sp³-hybridized carbons (Fsp3) is 0.286. The van der Waals surface area contributed by atoms with Gasteiger partial charge in [0.05, 0.1) is 0 Å². The van der Waals surface area contributed by atoms with Crippen LogP contribution in [-0.4, -0.2) is 58.0 Å². The summed E-state index contributed by atoms with van der Waals surface area (Å²) in [5.74, 6) is -1.84. The molecule has 1 fully saturated rings. The average molecular weight is 382 g/mol. The number of carbonyl (C=O) groups is 2. The summed E-state index contributed by atoms with van der Waals surface area (Å²) in [6.07, 6.45) is 0. The lowest BCUT2D eigenvalue weighted by Gasteiger charge is -2.35. The van der Waals surface area contributed by atoms with Crippen LogP contribution in [0.2, 0.25) is 0 Å². The SMILES string of the molecule is Cc1ccc(C(=O)N2CCN(C(=O)c3cc(O)c(O)c(=O)cc3C)CC2)cc1. The third-order valence-electron chi connectivity index (χ3n) is 4.91. The van der Waals surface area contributed by atoms with Gasteiger partial charge < -0.3 is 20.0 Å². The minimum absolute atomic E-state index is 0.0760. The molecule has 2 aromatic carbocycles. The van der Waals surface area contributed by atoms with Crippen LogP contribution in [0.25, 0.3) is 0 Å². The maximum atomic E-state index is 12.8. The van der Waals surface area contributed by atoms with E-state index in [9.17, 15) is 24.6 Å². The van der Waals surface area contributed by atoms with E-state index in [1.54, 1.807) is 28.9 Å². The number of amides is 2. The van der Waals surface area contributed by atoms with Crippen molar-refractivity contribution in [2.75, 3.05) is 26.2 Å². The highest BCUT2D eigenvalue weighted by atomic mass is 16.3. The maximum Gasteiger partial charge on any atom is 0.254 e. The number of benzene rings is 1. The summed E-state index contributed by atoms with van der Waals surface area (Å²) in [4.78, 5) is 40.4. The van der Waals surface area contributed by atoms with Crippen LogP contribution in [0, 0.1) is 13.8 Å². The Morgan fingerprint density at radius 3 is 1.96 bits per heavy atom. The zero-order chi connectivity index (χ0) is 20.4. The van der Waals surface area contributed by atoms with E-state index in [2.05, 4.69) is 0 Å². The number of hydrogen-bond donors (Lipinski definition) is 2. The van der Waals surface area contributed by atoms with Crippen LogP contribution in [0.3, 0.4) is 0 Å². The Morgan fingerprint density at radius 2 is 1.39 bits per heavy atom. The molecule has 0 spiro atoms. The second kappa shape index (κ2) is 7.72. The van der Waals surface area contributed by atoms with Crippen molar-refractivity contribution in [3.63, 3.8) is 0 Å². The van der Waals surface area contributed by atoms with Crippen molar-refractivity contribution < 1.29 is 19.8 Å². The zero-order valence-electron chi connectivity index (χ0n) is 15.8. The highest BCUT2D eigenvalue weighted by Crippen LogP contribution is 2.23. The summed E-state index contributed by atoms with van der Waals surface area (Å²) < 4.78 is 0. The van der Waals surface area contributed by atoms with Gasteiger partial charge in [0, 0.05) is 37.3 Å². The molecule has 3 rings (SSSR count). The first kappa shape index (κ1) is 19.4. The molecule has 2 N–H and O–H groups in total. The third-order valence-corrected chi connectivity index (χ3v) is 4.91. The van der Waals surface area contributed by atoms with E-state index in [1.165, 1.54) is 0 Å². The molecule has 1 heterocycles. The Kier molecular flexibility index (Phi) is 5.35. The molecule has 0 aliphatic carbocycles. The zero-order valence-corrected chi connectivity index (χ0v) is 15.8. The molecule has 0 atom stereocenters. The number of nitrogens with zero attached hydrogens (tertiary/aromatic N) is 2. The van der Waals surface area contributed by atoms with E-state index in [0.717, 1.165) is 17.7 Å². The van der Waals surface area contributed by atoms with Crippen molar-refractivity contribution in [2.45, 2.75) is 13.8 Å². The van der Waals surface area contributed by atoms with Gasteiger partial charge in [0.15, 0.2) is 5.75 Å². The molecule has 0 saturated carbocycles. The lowest BCUT2D eigenvalue weighted by molar-refractivity contribution is 0.0535. The van der Waals surface area contributed by atoms with E-state index < -0.39 is 16.9 Å². The molecule has 0 aromatic heterocycles. The van der Waals surface area contributed by atoms with Gasteiger partial charge in [-0.1, -0.05) is 17.7 Å². The molecule has 0 bridgehead atoms. The van der Waals surface area contributed by atoms with Crippen LogP contribution in [0.1, 0.15) is 31.8 Å². The third kappa shape index (κ3) is 3.83. The molecule has 146 valence electrons. The Labute approximate surface area is 162 Å². The molecule has 28 heavy (non-hydrogen) atoms. The molecule has 1 saturated heterocycles. The highest BCUT2D eigenvalue weighted by Gasteiger charge is 2.26. The number of aromatic hydroxyl groups is 2. The van der Waals surface area contributed by atoms with Gasteiger partial charge in [-0.25, -0.2) is 0 Å². The van der Waals surface area contributed by atoms with E-state index >= 15 is 0 Å². The molecular formula is C21H22N2O5. The van der Waals surface area contributed by atoms with Crippen LogP contribution in [0.5, 0.6) is 11.5 Å². The second-order valence-corrected chi connectivity index (χ2v) is 6.93. The van der Waals surface area contributed by atoms with Crippen molar-refractivity contribution in [1.29, 1.82) is 0 Å². The van der Waals surface area contributed by atoms with Crippen LogP contribution in [0.4, 0.5) is 0 Å². The first-order valence-electron chi connectivity index (χ1n) is 9.00. The topological polar surface area (TPSA) is 98.2 Å². The lowest BCUT2D eigenvalue weighted by atomic mass is 10.1. The summed E-state index contributed by atoms with van der Waals surface area (Å²) in [7, 11) is 0. The molecule has 0 unspecified atom stereocenters. The first-order chi connectivity index (χ1) is 13.3. The van der Waals surface area contributed by atoms with E-state index in [-0.39, 0.29) is 17.4 Å². The van der Waals surface area contributed by atoms with E-state index in [1.807, 2.05) is 19.1 Å². The largest absolute Gasteiger partial charge is 0.504 e. The highest BCUT2D eigenvalue weighted by molar-refractivity contribution is 5.97. The van der Waals surface area contributed by atoms with Gasteiger partial charge in [-0.2, -0.15) is 0 Å². The Bertz CT molecular complexity index is 977. The fourth-order valence-corrected chi connectivity index (χ4v) is 3.18. The summed E-state index contributed by atoms with van der Waals surface area (Å²) >= 11 is 0. The smallest absolute Gasteiger partial charge is 0.254 e. The molecule has 7 nitrogen and oxygen atoms in total. The predicted molar refractivity (Wildman–Crippen MR) is 104 cm³/mol. The van der Waals surface area contributed by atoms with Crippen molar-refractivity contribution in [3.05, 3.63) is 68.9 Å². The van der Waals surface area contributed by atoms with Gasteiger partial charge in [-0.05, 0) is 43.7 Å². The van der Waals surface area contributed by atoms with Crippen molar-refractivity contribution in [1.82, 2.24) is 9.80 Å². The Hall–Kier alpha value is -3.35. The minimum atomic E-state index is -0.782. The van der Waals surface area contributed by atoms with Gasteiger partial charge in [-0.15, -0.1) is 0 Å². The van der Waals surface area contributed by atoms with Crippen LogP contribution < -0.4 is 5.43 Å². The van der Waals surface area contributed by atoms with Gasteiger partial charge in [0.25, 0.3) is 11.8 Å². The van der Waals surface area contributed by atoms with Crippen molar-refractivity contribution in [3.8, 4) is 11.5 Å². The standard InChI is InChI=1S/C21H22N2O5/c1-13-3-5-15(6-4-13)20(27)22-7-9-23(10-8-22)21(28)16-12-18(25)19(26)17(24)11-14(16)2/h3-6,11-12H,7-10H2,1-2H3,(H2,24,25,26). The normalized spacial score (nSPS) is 14.1. The number of hydrogen-bond acceptors (Lipinski definition) is 5. The second-order valence-electron chi connectivity index (χ2n) is 6.93. The van der Waals surface area contributed by atoms with Crippen LogP contribution >= 0.6 is 0 Å². The summed E-state index contributed by atoms with van der Waals surface area (Å²) in [5.41, 5.74) is 1.45. The average Bonchev–Trinajstić information content (AvgIpc) is 2.79. The van der Waals surface area contributed by atoms with E-state index in [0.29, 0.717) is 37.3 Å². The quantitative estimate of drug-likeness (QED) is 0.823. The van der Waals surface area contributed by atoms with Crippen molar-refractivity contribution in [2.24, 2.45) is 0 Å². The number of piperazine rings is 1. The van der Waals surface area contributed by atoms with Gasteiger partial charge in [0.1, 0.15) is 0 Å². The first-order valence-corrected chi connectivity index (χ1v) is 9.00. The Morgan fingerprint density at radius 1 is 0.857 bits per heavy atom. The van der Waals surface area contributed by atoms with Gasteiger partial charge >= 0.3 is 0 Å². The number of rotatable bonds is 2. The fourth-order valence-electron chi connectivity index (χ4n) is 3.18. The molecular weight excluding hydrogens is 360 g/mol. The minimum Gasteiger partial charge on any atom is -0.504 e. The molecule has 1 aliphatic rings. The number of aryl methyl sites for hydroxylation is 2. The summed E-state index contributed by atoms with van der Waals surface area (Å²) in [6, 6.07) is 9.59. The van der Waals surface area contributed by atoms with E-state index in [4.69, 9.17) is 0 Å². The molecule has 1 aliphatic heterocycles. The van der Waals surface area contributed by atoms with Gasteiger partial charge in [-0.3, -0.25) is 14.4 Å². The number of carbonyl (C=O) groups excluding carboxylic acids is 2. The summed E-state index contributed by atoms with van der Waals surface area (Å²) in [6.45, 7) is 4.99. The van der Waals surface area contributed by atoms with Gasteiger partial charge in [0.2, 0.25) is 11.2 Å². The molecule has 7 heteroatoms. The Balaban J connectivity index is 1.73. The summed E-state index contributed by atoms with van der Waals surface area (Å²) in [5, 5.41) is 19.4. The predicted octanol–water partition coefficient (Wildman–Crippen LogP) is 1.67.